The molecule has 0 saturated heterocycles. The van der Waals surface area contributed by atoms with E-state index in [-0.39, 0.29) is 18.3 Å². The van der Waals surface area contributed by atoms with Crippen LogP contribution in [-0.2, 0) is 9.53 Å². The van der Waals surface area contributed by atoms with E-state index in [4.69, 9.17) is 25.0 Å². The first-order chi connectivity index (χ1) is 14.6. The number of ether oxygens (including phenoxy) is 2. The van der Waals surface area contributed by atoms with E-state index in [0.29, 0.717) is 28.1 Å². The summed E-state index contributed by atoms with van der Waals surface area (Å²) < 4.78 is 16.2. The van der Waals surface area contributed by atoms with Gasteiger partial charge in [0.2, 0.25) is 0 Å². The van der Waals surface area contributed by atoms with E-state index in [1.54, 1.807) is 69.3 Å². The number of benzene rings is 2. The molecule has 162 valence electrons. The lowest BCUT2D eigenvalue weighted by Gasteiger charge is -2.19. The molecule has 0 saturated carbocycles. The maximum Gasteiger partial charge on any atom is 0.344 e. The molecule has 0 aliphatic rings. The minimum absolute atomic E-state index is 0.139. The summed E-state index contributed by atoms with van der Waals surface area (Å²) in [6, 6.07) is 13.3. The molecule has 0 atom stereocenters. The molecule has 9 nitrogen and oxygen atoms in total. The molecule has 9 heteroatoms. The van der Waals surface area contributed by atoms with Gasteiger partial charge in [-0.05, 0) is 69.3 Å². The monoisotopic (exact) mass is 424 g/mol. The van der Waals surface area contributed by atoms with Crippen molar-refractivity contribution in [1.82, 2.24) is 0 Å². The van der Waals surface area contributed by atoms with Gasteiger partial charge in [0.15, 0.2) is 18.3 Å². The highest BCUT2D eigenvalue weighted by molar-refractivity contribution is 6.05. The van der Waals surface area contributed by atoms with Gasteiger partial charge in [0.05, 0.1) is 0 Å². The fraction of sp³-hybridized carbons (Fsp3) is 0.227. The van der Waals surface area contributed by atoms with Crippen LogP contribution in [0.5, 0.6) is 5.75 Å². The van der Waals surface area contributed by atoms with Crippen LogP contribution in [0.1, 0.15) is 31.3 Å². The van der Waals surface area contributed by atoms with Gasteiger partial charge >= 0.3 is 5.97 Å². The summed E-state index contributed by atoms with van der Waals surface area (Å²) in [6.07, 6.45) is 0. The Balaban J connectivity index is 1.60. The minimum atomic E-state index is -0.573. The molecule has 0 radical (unpaired) electrons. The minimum Gasteiger partial charge on any atom is -0.482 e. The van der Waals surface area contributed by atoms with Gasteiger partial charge in [0.25, 0.3) is 5.91 Å². The molecule has 0 fully saturated rings. The predicted octanol–water partition coefficient (Wildman–Crippen LogP) is 3.71. The molecule has 0 unspecified atom stereocenters. The van der Waals surface area contributed by atoms with Crippen molar-refractivity contribution in [2.24, 2.45) is 5.73 Å². The topological polar surface area (TPSA) is 140 Å². The van der Waals surface area contributed by atoms with Crippen LogP contribution in [0.25, 0.3) is 11.0 Å². The number of carbonyl (C=O) groups excluding carboxylic acids is 2. The number of nitrogens with two attached hydrogens (primary N) is 1. The summed E-state index contributed by atoms with van der Waals surface area (Å²) >= 11 is 0. The molecular weight excluding hydrogens is 400 g/mol. The van der Waals surface area contributed by atoms with Gasteiger partial charge in [-0.15, -0.1) is 0 Å². The van der Waals surface area contributed by atoms with Gasteiger partial charge in [-0.1, -0.05) is 0 Å². The van der Waals surface area contributed by atoms with Gasteiger partial charge in [-0.25, -0.2) is 4.79 Å². The van der Waals surface area contributed by atoms with Crippen molar-refractivity contribution in [2.75, 3.05) is 17.2 Å². The van der Waals surface area contributed by atoms with Crippen LogP contribution in [0.4, 0.5) is 11.4 Å². The van der Waals surface area contributed by atoms with Crippen molar-refractivity contribution in [3.63, 3.8) is 0 Å². The highest BCUT2D eigenvalue weighted by Gasteiger charge is 2.17. The summed E-state index contributed by atoms with van der Waals surface area (Å²) in [5.41, 5.74) is 6.45. The summed E-state index contributed by atoms with van der Waals surface area (Å²) in [5, 5.41) is 13.4. The number of guanidine groups is 1. The zero-order chi connectivity index (χ0) is 22.6. The number of anilines is 2. The first-order valence-electron chi connectivity index (χ1n) is 9.50. The Hall–Kier alpha value is -4.01. The second-order valence-corrected chi connectivity index (χ2v) is 7.76. The SMILES string of the molecule is CC(C)(C)OC(=O)COc1ccc(NC(=O)c2cc3cc(NC(=N)N)ccc3o2)cc1. The van der Waals surface area contributed by atoms with E-state index in [2.05, 4.69) is 10.6 Å². The third kappa shape index (κ3) is 6.23. The van der Waals surface area contributed by atoms with E-state index in [1.807, 2.05) is 0 Å². The van der Waals surface area contributed by atoms with E-state index >= 15 is 0 Å². The Kier molecular flexibility index (Phi) is 6.15. The van der Waals surface area contributed by atoms with Crippen LogP contribution in [0.3, 0.4) is 0 Å². The molecular formula is C22H24N4O5. The van der Waals surface area contributed by atoms with Crippen LogP contribution >= 0.6 is 0 Å². The normalized spacial score (nSPS) is 11.1. The van der Waals surface area contributed by atoms with Gasteiger partial charge < -0.3 is 30.3 Å². The van der Waals surface area contributed by atoms with E-state index in [9.17, 15) is 9.59 Å². The third-order valence-electron chi connectivity index (χ3n) is 3.91. The Morgan fingerprint density at radius 2 is 1.71 bits per heavy atom. The molecule has 0 spiro atoms. The lowest BCUT2D eigenvalue weighted by molar-refractivity contribution is -0.157. The fourth-order valence-corrected chi connectivity index (χ4v) is 2.73. The second kappa shape index (κ2) is 8.78. The first-order valence-corrected chi connectivity index (χ1v) is 9.50. The molecule has 3 rings (SSSR count). The second-order valence-electron chi connectivity index (χ2n) is 7.76. The molecule has 2 aromatic carbocycles. The average molecular weight is 424 g/mol. The van der Waals surface area contributed by atoms with Gasteiger partial charge in [-0.2, -0.15) is 0 Å². The van der Waals surface area contributed by atoms with Crippen LogP contribution in [0, 0.1) is 5.41 Å². The van der Waals surface area contributed by atoms with Crippen molar-refractivity contribution in [1.29, 1.82) is 5.41 Å². The molecule has 0 bridgehead atoms. The average Bonchev–Trinajstić information content (AvgIpc) is 3.09. The summed E-state index contributed by atoms with van der Waals surface area (Å²) in [4.78, 5) is 24.2. The maximum absolute atomic E-state index is 12.5. The maximum atomic E-state index is 12.5. The Labute approximate surface area is 179 Å². The predicted molar refractivity (Wildman–Crippen MR) is 117 cm³/mol. The number of esters is 1. The van der Waals surface area contributed by atoms with Crippen LogP contribution in [0.2, 0.25) is 0 Å². The zero-order valence-electron chi connectivity index (χ0n) is 17.4. The largest absolute Gasteiger partial charge is 0.482 e. The smallest absolute Gasteiger partial charge is 0.344 e. The zero-order valence-corrected chi connectivity index (χ0v) is 17.4. The lowest BCUT2D eigenvalue weighted by Crippen LogP contribution is -2.27. The van der Waals surface area contributed by atoms with Crippen molar-refractivity contribution in [3.05, 3.63) is 54.3 Å². The number of nitrogens with one attached hydrogen (secondary N) is 3. The standard InChI is InChI=1S/C22H24N4O5/c1-22(2,3)31-19(27)12-29-16-7-4-14(5-8-16)25-20(28)18-11-13-10-15(26-21(23)24)6-9-17(13)30-18/h4-11H,12H2,1-3H3,(H,25,28)(H4,23,24,26). The molecule has 1 heterocycles. The van der Waals surface area contributed by atoms with Crippen molar-refractivity contribution in [2.45, 2.75) is 26.4 Å². The number of fused-ring (bicyclic) bond motifs is 1. The fourth-order valence-electron chi connectivity index (χ4n) is 2.73. The van der Waals surface area contributed by atoms with Gasteiger partial charge in [0, 0.05) is 16.8 Å². The molecule has 31 heavy (non-hydrogen) atoms. The summed E-state index contributed by atoms with van der Waals surface area (Å²) in [7, 11) is 0. The molecule has 3 aromatic rings. The van der Waals surface area contributed by atoms with Gasteiger partial charge in [-0.3, -0.25) is 10.2 Å². The lowest BCUT2D eigenvalue weighted by atomic mass is 10.2. The van der Waals surface area contributed by atoms with E-state index in [0.717, 1.165) is 0 Å². The number of hydrogen-bond acceptors (Lipinski definition) is 6. The van der Waals surface area contributed by atoms with Crippen molar-refractivity contribution >= 4 is 40.2 Å². The third-order valence-corrected chi connectivity index (χ3v) is 3.91. The number of rotatable bonds is 6. The molecule has 5 N–H and O–H groups in total. The van der Waals surface area contributed by atoms with Crippen molar-refractivity contribution in [3.8, 4) is 5.75 Å². The molecule has 0 aliphatic heterocycles. The number of amides is 1. The number of furan rings is 1. The van der Waals surface area contributed by atoms with Crippen LogP contribution in [0.15, 0.2) is 52.9 Å². The Morgan fingerprint density at radius 3 is 2.35 bits per heavy atom. The molecule has 1 aromatic heterocycles. The van der Waals surface area contributed by atoms with Crippen molar-refractivity contribution < 1.29 is 23.5 Å². The number of carbonyl (C=O) groups is 2. The highest BCUT2D eigenvalue weighted by atomic mass is 16.6. The van der Waals surface area contributed by atoms with Crippen LogP contribution < -0.4 is 21.1 Å². The molecule has 0 aliphatic carbocycles. The first kappa shape index (κ1) is 21.7. The number of hydrogen-bond donors (Lipinski definition) is 4. The quantitative estimate of drug-likeness (QED) is 0.269. The van der Waals surface area contributed by atoms with Gasteiger partial charge in [0.1, 0.15) is 16.9 Å². The van der Waals surface area contributed by atoms with Crippen LogP contribution in [-0.4, -0.2) is 30.0 Å². The highest BCUT2D eigenvalue weighted by Crippen LogP contribution is 2.24. The van der Waals surface area contributed by atoms with E-state index in [1.165, 1.54) is 0 Å². The summed E-state index contributed by atoms with van der Waals surface area (Å²) in [6.45, 7) is 5.15. The molecule has 1 amide bonds. The van der Waals surface area contributed by atoms with E-state index < -0.39 is 17.5 Å². The Morgan fingerprint density at radius 1 is 1.03 bits per heavy atom. The Bertz CT molecular complexity index is 1110. The summed E-state index contributed by atoms with van der Waals surface area (Å²) in [5.74, 6) is -0.450.